The molecule has 0 saturated carbocycles. The predicted molar refractivity (Wildman–Crippen MR) is 100 cm³/mol. The first-order valence-corrected chi connectivity index (χ1v) is 9.40. The van der Waals surface area contributed by atoms with Crippen molar-refractivity contribution in [2.24, 2.45) is 0 Å². The number of hydrogen-bond acceptors (Lipinski definition) is 6. The summed E-state index contributed by atoms with van der Waals surface area (Å²) in [5, 5.41) is 11.8. The second kappa shape index (κ2) is 8.50. The molecule has 1 amide bonds. The van der Waals surface area contributed by atoms with Crippen LogP contribution in [-0.4, -0.2) is 28.0 Å². The summed E-state index contributed by atoms with van der Waals surface area (Å²) in [7, 11) is 0. The van der Waals surface area contributed by atoms with E-state index in [2.05, 4.69) is 22.1 Å². The molecule has 0 saturated heterocycles. The fraction of sp³-hybridized carbons (Fsp3) is 0.312. The van der Waals surface area contributed by atoms with Crippen molar-refractivity contribution in [1.82, 2.24) is 10.2 Å². The Morgan fingerprint density at radius 3 is 2.75 bits per heavy atom. The van der Waals surface area contributed by atoms with Gasteiger partial charge in [-0.25, -0.2) is 0 Å². The van der Waals surface area contributed by atoms with Gasteiger partial charge in [0, 0.05) is 10.8 Å². The van der Waals surface area contributed by atoms with Gasteiger partial charge in [0.2, 0.25) is 5.13 Å². The fourth-order valence-electron chi connectivity index (χ4n) is 1.89. The van der Waals surface area contributed by atoms with Crippen molar-refractivity contribution < 1.29 is 9.53 Å². The molecule has 2 aromatic rings. The summed E-state index contributed by atoms with van der Waals surface area (Å²) in [6.07, 6.45) is 1.12. The van der Waals surface area contributed by atoms with Gasteiger partial charge in [0.25, 0.3) is 5.91 Å². The van der Waals surface area contributed by atoms with Gasteiger partial charge in [-0.3, -0.25) is 10.1 Å². The smallest absolute Gasteiger partial charge is 0.266 e. The summed E-state index contributed by atoms with van der Waals surface area (Å²) in [5.74, 6) is 1.07. The predicted octanol–water partition coefficient (Wildman–Crippen LogP) is 4.49. The van der Waals surface area contributed by atoms with Crippen LogP contribution in [0.5, 0.6) is 5.75 Å². The van der Waals surface area contributed by atoms with Crippen LogP contribution < -0.4 is 10.1 Å². The molecule has 1 aromatic heterocycles. The minimum Gasteiger partial charge on any atom is -0.481 e. The molecule has 0 aliphatic rings. The van der Waals surface area contributed by atoms with E-state index < -0.39 is 6.10 Å². The van der Waals surface area contributed by atoms with Crippen molar-refractivity contribution in [3.63, 3.8) is 0 Å². The van der Waals surface area contributed by atoms with E-state index >= 15 is 0 Å². The minimum absolute atomic E-state index is 0.281. The van der Waals surface area contributed by atoms with Gasteiger partial charge in [0.15, 0.2) is 10.4 Å². The largest absolute Gasteiger partial charge is 0.481 e. The van der Waals surface area contributed by atoms with Gasteiger partial charge in [-0.2, -0.15) is 0 Å². The van der Waals surface area contributed by atoms with Crippen LogP contribution in [0.4, 0.5) is 5.13 Å². The van der Waals surface area contributed by atoms with Crippen molar-refractivity contribution >= 4 is 45.7 Å². The molecule has 24 heavy (non-hydrogen) atoms. The van der Waals surface area contributed by atoms with Crippen LogP contribution in [0.15, 0.2) is 29.1 Å². The number of amides is 1. The lowest BCUT2D eigenvalue weighted by Gasteiger charge is -2.15. The number of halogens is 1. The molecule has 128 valence electrons. The monoisotopic (exact) mass is 383 g/mol. The summed E-state index contributed by atoms with van der Waals surface area (Å²) in [6, 6.07) is 3.63. The first-order valence-electron chi connectivity index (χ1n) is 7.22. The minimum atomic E-state index is -0.668. The van der Waals surface area contributed by atoms with Crippen molar-refractivity contribution in [2.45, 2.75) is 31.2 Å². The lowest BCUT2D eigenvalue weighted by Crippen LogP contribution is -2.30. The Labute approximate surface area is 154 Å². The molecular weight excluding hydrogens is 366 g/mol. The Morgan fingerprint density at radius 1 is 1.46 bits per heavy atom. The van der Waals surface area contributed by atoms with Crippen LogP contribution >= 0.6 is 34.7 Å². The van der Waals surface area contributed by atoms with E-state index in [4.69, 9.17) is 16.3 Å². The molecule has 0 fully saturated rings. The Hall–Kier alpha value is -1.57. The summed E-state index contributed by atoms with van der Waals surface area (Å²) in [5.41, 5.74) is 1.82. The van der Waals surface area contributed by atoms with Crippen molar-refractivity contribution in [3.05, 3.63) is 40.9 Å². The van der Waals surface area contributed by atoms with E-state index in [1.165, 1.54) is 23.1 Å². The highest BCUT2D eigenvalue weighted by molar-refractivity contribution is 8.01. The van der Waals surface area contributed by atoms with Gasteiger partial charge >= 0.3 is 0 Å². The second-order valence-corrected chi connectivity index (χ2v) is 7.72. The van der Waals surface area contributed by atoms with Crippen molar-refractivity contribution in [2.75, 3.05) is 11.1 Å². The molecule has 1 atom stereocenters. The fourth-order valence-corrected chi connectivity index (χ4v) is 3.51. The van der Waals surface area contributed by atoms with E-state index in [1.54, 1.807) is 13.0 Å². The molecule has 1 N–H and O–H groups in total. The van der Waals surface area contributed by atoms with Crippen LogP contribution in [0.2, 0.25) is 5.02 Å². The number of hydrogen-bond donors (Lipinski definition) is 1. The average molecular weight is 384 g/mol. The second-order valence-electron chi connectivity index (χ2n) is 5.09. The number of nitrogens with one attached hydrogen (secondary N) is 1. The SMILES string of the molecule is C=CCSc1nnc(NC(=O)C(C)Oc2cc(C)c(Cl)c(C)c2)s1. The Morgan fingerprint density at radius 2 is 2.12 bits per heavy atom. The lowest BCUT2D eigenvalue weighted by molar-refractivity contribution is -0.122. The first-order chi connectivity index (χ1) is 11.4. The maximum atomic E-state index is 12.2. The van der Waals surface area contributed by atoms with Gasteiger partial charge in [-0.15, -0.1) is 16.8 Å². The zero-order chi connectivity index (χ0) is 17.7. The van der Waals surface area contributed by atoms with E-state index in [0.29, 0.717) is 15.9 Å². The van der Waals surface area contributed by atoms with E-state index in [0.717, 1.165) is 21.2 Å². The molecule has 2 rings (SSSR count). The molecule has 1 aromatic carbocycles. The van der Waals surface area contributed by atoms with E-state index in [-0.39, 0.29) is 5.91 Å². The molecule has 1 unspecified atom stereocenters. The third kappa shape index (κ3) is 4.96. The third-order valence-electron chi connectivity index (χ3n) is 3.05. The molecule has 1 heterocycles. The number of carbonyl (C=O) groups excluding carboxylic acids is 1. The van der Waals surface area contributed by atoms with Gasteiger partial charge in [-0.1, -0.05) is 40.8 Å². The van der Waals surface area contributed by atoms with Crippen molar-refractivity contribution in [3.8, 4) is 5.75 Å². The molecular formula is C16H18ClN3O2S2. The lowest BCUT2D eigenvalue weighted by atomic mass is 10.1. The van der Waals surface area contributed by atoms with Crippen LogP contribution in [0.1, 0.15) is 18.1 Å². The van der Waals surface area contributed by atoms with Gasteiger partial charge in [-0.05, 0) is 44.0 Å². The maximum Gasteiger partial charge on any atom is 0.266 e. The normalized spacial score (nSPS) is 11.8. The summed E-state index contributed by atoms with van der Waals surface area (Å²) >= 11 is 8.97. The zero-order valence-corrected chi connectivity index (χ0v) is 16.0. The van der Waals surface area contributed by atoms with Crippen LogP contribution in [-0.2, 0) is 4.79 Å². The number of thioether (sulfide) groups is 1. The molecule has 0 aliphatic heterocycles. The zero-order valence-electron chi connectivity index (χ0n) is 13.6. The number of rotatable bonds is 7. The summed E-state index contributed by atoms with van der Waals surface area (Å²) in [6.45, 7) is 9.14. The average Bonchev–Trinajstić information content (AvgIpc) is 2.97. The summed E-state index contributed by atoms with van der Waals surface area (Å²) < 4.78 is 6.48. The third-order valence-corrected chi connectivity index (χ3v) is 5.62. The molecule has 0 spiro atoms. The Bertz CT molecular complexity index is 726. The van der Waals surface area contributed by atoms with Crippen molar-refractivity contribution in [1.29, 1.82) is 0 Å². The quantitative estimate of drug-likeness (QED) is 0.433. The Kier molecular flexibility index (Phi) is 6.65. The number of ether oxygens (including phenoxy) is 1. The van der Waals surface area contributed by atoms with Crippen LogP contribution in [0.25, 0.3) is 0 Å². The molecule has 5 nitrogen and oxygen atoms in total. The molecule has 0 aliphatic carbocycles. The standard InChI is InChI=1S/C16H18ClN3O2S2/c1-5-6-23-16-20-19-15(24-16)18-14(21)11(4)22-12-7-9(2)13(17)10(3)8-12/h5,7-8,11H,1,6H2,2-4H3,(H,18,19,21). The Balaban J connectivity index is 1.97. The van der Waals surface area contributed by atoms with E-state index in [9.17, 15) is 4.79 Å². The number of aromatic nitrogens is 2. The van der Waals surface area contributed by atoms with Gasteiger partial charge < -0.3 is 4.74 Å². The highest BCUT2D eigenvalue weighted by atomic mass is 35.5. The van der Waals surface area contributed by atoms with Crippen LogP contribution in [0.3, 0.4) is 0 Å². The molecule has 0 bridgehead atoms. The van der Waals surface area contributed by atoms with Gasteiger partial charge in [0.1, 0.15) is 5.75 Å². The topological polar surface area (TPSA) is 64.1 Å². The highest BCUT2D eigenvalue weighted by Gasteiger charge is 2.18. The number of nitrogens with zero attached hydrogens (tertiary/aromatic N) is 2. The summed E-state index contributed by atoms with van der Waals surface area (Å²) in [4.78, 5) is 12.2. The highest BCUT2D eigenvalue weighted by Crippen LogP contribution is 2.27. The molecule has 0 radical (unpaired) electrons. The number of anilines is 1. The number of benzene rings is 1. The number of aryl methyl sites for hydroxylation is 2. The first kappa shape index (κ1) is 18.8. The van der Waals surface area contributed by atoms with Crippen LogP contribution in [0, 0.1) is 13.8 Å². The molecule has 8 heteroatoms. The number of carbonyl (C=O) groups is 1. The van der Waals surface area contributed by atoms with Gasteiger partial charge in [0.05, 0.1) is 0 Å². The maximum absolute atomic E-state index is 12.2. The van der Waals surface area contributed by atoms with E-state index in [1.807, 2.05) is 26.0 Å².